The van der Waals surface area contributed by atoms with E-state index in [0.29, 0.717) is 48.5 Å². The van der Waals surface area contributed by atoms with Gasteiger partial charge in [-0.05, 0) is 31.2 Å². The molecule has 0 saturated carbocycles. The van der Waals surface area contributed by atoms with Crippen molar-refractivity contribution in [3.05, 3.63) is 40.2 Å². The number of nitrogens with one attached hydrogen (secondary N) is 2. The van der Waals surface area contributed by atoms with E-state index >= 15 is 0 Å². The molecule has 150 valence electrons. The average Bonchev–Trinajstić information content (AvgIpc) is 3.19. The van der Waals surface area contributed by atoms with E-state index in [1.807, 2.05) is 6.92 Å². The van der Waals surface area contributed by atoms with Gasteiger partial charge in [-0.15, -0.1) is 0 Å². The summed E-state index contributed by atoms with van der Waals surface area (Å²) in [6, 6.07) is 6.58. The zero-order valence-electron chi connectivity index (χ0n) is 15.4. The van der Waals surface area contributed by atoms with E-state index in [2.05, 4.69) is 15.3 Å². The lowest BCUT2D eigenvalue weighted by Gasteiger charge is -2.10. The van der Waals surface area contributed by atoms with Crippen molar-refractivity contribution in [1.82, 2.24) is 9.97 Å². The normalized spacial score (nSPS) is 14.2. The Balaban J connectivity index is 1.61. The summed E-state index contributed by atoms with van der Waals surface area (Å²) >= 11 is 1.33. The van der Waals surface area contributed by atoms with Gasteiger partial charge in [-0.2, -0.15) is 0 Å². The number of rotatable bonds is 8. The van der Waals surface area contributed by atoms with Crippen molar-refractivity contribution in [2.75, 3.05) is 36.6 Å². The van der Waals surface area contributed by atoms with Crippen molar-refractivity contribution >= 4 is 29.2 Å². The number of aromatic nitrogens is 2. The van der Waals surface area contributed by atoms with Crippen LogP contribution in [-0.4, -0.2) is 47.7 Å². The van der Waals surface area contributed by atoms with Gasteiger partial charge in [-0.3, -0.25) is 14.6 Å². The van der Waals surface area contributed by atoms with Gasteiger partial charge in [0, 0.05) is 17.7 Å². The summed E-state index contributed by atoms with van der Waals surface area (Å²) in [5, 5.41) is 2.89. The van der Waals surface area contributed by atoms with Crippen LogP contribution in [-0.2, 0) is 9.47 Å². The van der Waals surface area contributed by atoms with E-state index in [1.165, 1.54) is 11.8 Å². The molecule has 28 heavy (non-hydrogen) atoms. The average molecular weight is 406 g/mol. The molecule has 1 aromatic carbocycles. The lowest BCUT2D eigenvalue weighted by molar-refractivity contribution is -0.0421. The van der Waals surface area contributed by atoms with Gasteiger partial charge < -0.3 is 25.3 Å². The van der Waals surface area contributed by atoms with Crippen LogP contribution in [0.3, 0.4) is 0 Å². The standard InChI is InChI=1S/C18H22N4O5S/c1-2-25-12-5-3-11(4-6-12)16(23)20-14-15(19)21-18(22-17(14)24)28-10-7-13-26-8-9-27-13/h3-6,13H,2,7-10H2,1H3,(H,20,23)(H3,19,21,22,24). The highest BCUT2D eigenvalue weighted by Gasteiger charge is 2.17. The molecule has 0 spiro atoms. The van der Waals surface area contributed by atoms with Crippen molar-refractivity contribution < 1.29 is 19.0 Å². The number of benzene rings is 1. The maximum atomic E-state index is 12.4. The van der Waals surface area contributed by atoms with Gasteiger partial charge in [0.05, 0.1) is 19.8 Å². The Kier molecular flexibility index (Phi) is 6.90. The summed E-state index contributed by atoms with van der Waals surface area (Å²) in [4.78, 5) is 31.5. The highest BCUT2D eigenvalue weighted by molar-refractivity contribution is 7.99. The third kappa shape index (κ3) is 5.24. The summed E-state index contributed by atoms with van der Waals surface area (Å²) in [6.45, 7) is 3.61. The van der Waals surface area contributed by atoms with Crippen molar-refractivity contribution in [1.29, 1.82) is 0 Å². The summed E-state index contributed by atoms with van der Waals surface area (Å²) in [7, 11) is 0. The molecule has 1 aromatic heterocycles. The Bertz CT molecular complexity index is 865. The zero-order chi connectivity index (χ0) is 19.9. The fourth-order valence-electron chi connectivity index (χ4n) is 2.54. The molecule has 3 rings (SSSR count). The quantitative estimate of drug-likeness (QED) is 0.448. The number of carbonyl (C=O) groups excluding carboxylic acids is 1. The summed E-state index contributed by atoms with van der Waals surface area (Å²) < 4.78 is 16.1. The van der Waals surface area contributed by atoms with Gasteiger partial charge in [0.25, 0.3) is 11.5 Å². The topological polar surface area (TPSA) is 129 Å². The molecule has 2 heterocycles. The number of ether oxygens (including phenoxy) is 3. The van der Waals surface area contributed by atoms with E-state index in [1.54, 1.807) is 24.3 Å². The molecule has 1 fully saturated rings. The Morgan fingerprint density at radius 1 is 1.36 bits per heavy atom. The first-order valence-electron chi connectivity index (χ1n) is 8.87. The van der Waals surface area contributed by atoms with Gasteiger partial charge in [0.1, 0.15) is 11.4 Å². The number of hydrogen-bond acceptors (Lipinski definition) is 8. The second-order valence-corrected chi connectivity index (χ2v) is 6.93. The molecule has 10 heteroatoms. The molecule has 1 aliphatic heterocycles. The van der Waals surface area contributed by atoms with Gasteiger partial charge in [0.2, 0.25) is 0 Å². The van der Waals surface area contributed by atoms with Crippen molar-refractivity contribution in [3.8, 4) is 5.75 Å². The number of carbonyl (C=O) groups is 1. The predicted octanol–water partition coefficient (Wildman–Crippen LogP) is 1.86. The molecule has 0 unspecified atom stereocenters. The Labute approximate surface area is 166 Å². The van der Waals surface area contributed by atoms with Gasteiger partial charge in [-0.25, -0.2) is 4.98 Å². The molecule has 0 atom stereocenters. The second-order valence-electron chi connectivity index (χ2n) is 5.85. The minimum atomic E-state index is -0.511. The third-order valence-corrected chi connectivity index (χ3v) is 4.78. The van der Waals surface area contributed by atoms with Crippen LogP contribution in [0.2, 0.25) is 0 Å². The molecule has 9 nitrogen and oxygen atoms in total. The fraction of sp³-hybridized carbons (Fsp3) is 0.389. The molecule has 2 aromatic rings. The molecular weight excluding hydrogens is 384 g/mol. The second kappa shape index (κ2) is 9.58. The Morgan fingerprint density at radius 3 is 2.71 bits per heavy atom. The number of hydrogen-bond donors (Lipinski definition) is 3. The first kappa shape index (κ1) is 20.2. The molecule has 4 N–H and O–H groups in total. The third-order valence-electron chi connectivity index (χ3n) is 3.87. The highest BCUT2D eigenvalue weighted by atomic mass is 32.2. The monoisotopic (exact) mass is 406 g/mol. The van der Waals surface area contributed by atoms with E-state index in [9.17, 15) is 9.59 Å². The van der Waals surface area contributed by atoms with Gasteiger partial charge in [-0.1, -0.05) is 11.8 Å². The first-order chi connectivity index (χ1) is 13.6. The van der Waals surface area contributed by atoms with Crippen molar-refractivity contribution in [2.24, 2.45) is 0 Å². The highest BCUT2D eigenvalue weighted by Crippen LogP contribution is 2.20. The van der Waals surface area contributed by atoms with Crippen LogP contribution in [0.15, 0.2) is 34.2 Å². The van der Waals surface area contributed by atoms with E-state index in [4.69, 9.17) is 19.9 Å². The number of nitrogens with two attached hydrogens (primary N) is 1. The zero-order valence-corrected chi connectivity index (χ0v) is 16.2. The van der Waals surface area contributed by atoms with Crippen LogP contribution >= 0.6 is 11.8 Å². The van der Waals surface area contributed by atoms with Crippen LogP contribution in [0, 0.1) is 0 Å². The number of anilines is 2. The van der Waals surface area contributed by atoms with E-state index in [0.717, 1.165) is 0 Å². The Morgan fingerprint density at radius 2 is 2.07 bits per heavy atom. The van der Waals surface area contributed by atoms with E-state index < -0.39 is 11.5 Å². The number of nitrogens with zero attached hydrogens (tertiary/aromatic N) is 1. The molecule has 1 amide bonds. The minimum absolute atomic E-state index is 0.0427. The maximum Gasteiger partial charge on any atom is 0.277 e. The van der Waals surface area contributed by atoms with E-state index in [-0.39, 0.29) is 17.8 Å². The molecule has 0 radical (unpaired) electrons. The number of aromatic amines is 1. The SMILES string of the molecule is CCOc1ccc(C(=O)Nc2c(N)nc(SCCC3OCCO3)[nH]c2=O)cc1. The fourth-order valence-corrected chi connectivity index (χ4v) is 3.37. The number of amides is 1. The van der Waals surface area contributed by atoms with Crippen molar-refractivity contribution in [3.63, 3.8) is 0 Å². The van der Waals surface area contributed by atoms with Crippen LogP contribution in [0.25, 0.3) is 0 Å². The van der Waals surface area contributed by atoms with Crippen LogP contribution in [0.1, 0.15) is 23.7 Å². The summed E-state index contributed by atoms with van der Waals surface area (Å²) in [5.41, 5.74) is 5.66. The smallest absolute Gasteiger partial charge is 0.277 e. The minimum Gasteiger partial charge on any atom is -0.494 e. The number of thioether (sulfide) groups is 1. The van der Waals surface area contributed by atoms with Gasteiger partial charge in [0.15, 0.2) is 17.3 Å². The largest absolute Gasteiger partial charge is 0.494 e. The van der Waals surface area contributed by atoms with Crippen LogP contribution in [0.4, 0.5) is 11.5 Å². The van der Waals surface area contributed by atoms with Crippen LogP contribution < -0.4 is 21.3 Å². The number of H-pyrrole nitrogens is 1. The number of nitrogen functional groups attached to an aromatic ring is 1. The molecule has 0 aliphatic carbocycles. The van der Waals surface area contributed by atoms with Gasteiger partial charge >= 0.3 is 0 Å². The predicted molar refractivity (Wildman–Crippen MR) is 106 cm³/mol. The summed E-state index contributed by atoms with van der Waals surface area (Å²) in [5.74, 6) is 0.801. The molecule has 0 bridgehead atoms. The lowest BCUT2D eigenvalue weighted by atomic mass is 10.2. The first-order valence-corrected chi connectivity index (χ1v) is 9.85. The Hall–Kier alpha value is -2.56. The molecular formula is C18H22N4O5S. The van der Waals surface area contributed by atoms with Crippen LogP contribution in [0.5, 0.6) is 5.75 Å². The molecule has 1 saturated heterocycles. The maximum absolute atomic E-state index is 12.4. The summed E-state index contributed by atoms with van der Waals surface area (Å²) in [6.07, 6.45) is 0.453. The molecule has 1 aliphatic rings. The van der Waals surface area contributed by atoms with Crippen molar-refractivity contribution in [2.45, 2.75) is 24.8 Å². The lowest BCUT2D eigenvalue weighted by Crippen LogP contribution is -2.23.